The smallest absolute Gasteiger partial charge is 0.230 e. The minimum absolute atomic E-state index is 0.0686. The predicted molar refractivity (Wildman–Crippen MR) is 69.8 cm³/mol. The Hall–Kier alpha value is -1.81. The predicted octanol–water partition coefficient (Wildman–Crippen LogP) is 0.937. The van der Waals surface area contributed by atoms with Crippen LogP contribution in [-0.2, 0) is 4.79 Å². The highest BCUT2D eigenvalue weighted by molar-refractivity contribution is 7.99. The molecule has 0 saturated heterocycles. The maximum Gasteiger partial charge on any atom is 0.230 e. The fourth-order valence-corrected chi connectivity index (χ4v) is 1.72. The first kappa shape index (κ1) is 14.3. The van der Waals surface area contributed by atoms with Crippen LogP contribution in [0.2, 0.25) is 0 Å². The van der Waals surface area contributed by atoms with Gasteiger partial charge in [0.05, 0.1) is 11.9 Å². The van der Waals surface area contributed by atoms with E-state index in [4.69, 9.17) is 11.0 Å². The molecule has 1 aromatic heterocycles. The number of amides is 1. The first-order valence-corrected chi connectivity index (χ1v) is 6.50. The molecule has 0 fully saturated rings. The Bertz CT molecular complexity index is 471. The summed E-state index contributed by atoms with van der Waals surface area (Å²) in [6, 6.07) is 2.04. The van der Waals surface area contributed by atoms with Crippen molar-refractivity contribution in [2.75, 3.05) is 11.5 Å². The molecule has 6 nitrogen and oxygen atoms in total. The fraction of sp³-hybridized carbons (Fsp3) is 0.455. The number of rotatable bonds is 5. The van der Waals surface area contributed by atoms with Crippen LogP contribution in [0.4, 0.5) is 5.82 Å². The molecule has 18 heavy (non-hydrogen) atoms. The second-order valence-corrected chi connectivity index (χ2v) is 4.67. The summed E-state index contributed by atoms with van der Waals surface area (Å²) in [6.07, 6.45) is 2.24. The van der Waals surface area contributed by atoms with E-state index in [-0.39, 0.29) is 29.1 Å². The monoisotopic (exact) mass is 265 g/mol. The lowest BCUT2D eigenvalue weighted by Gasteiger charge is -2.10. The maximum absolute atomic E-state index is 11.5. The highest BCUT2D eigenvalue weighted by Gasteiger charge is 2.09. The number of nitrogens with two attached hydrogens (primary N) is 1. The fourth-order valence-electron chi connectivity index (χ4n) is 1.08. The van der Waals surface area contributed by atoms with Gasteiger partial charge in [-0.05, 0) is 13.3 Å². The average Bonchev–Trinajstić information content (AvgIpc) is 2.36. The zero-order chi connectivity index (χ0) is 13.5. The molecule has 0 saturated carbocycles. The van der Waals surface area contributed by atoms with Crippen molar-refractivity contribution >= 4 is 23.5 Å². The van der Waals surface area contributed by atoms with E-state index in [2.05, 4.69) is 15.3 Å². The van der Waals surface area contributed by atoms with Gasteiger partial charge in [-0.25, -0.2) is 9.97 Å². The minimum Gasteiger partial charge on any atom is -0.382 e. The van der Waals surface area contributed by atoms with E-state index in [0.717, 1.165) is 6.42 Å². The third-order valence-electron chi connectivity index (χ3n) is 2.27. The Balaban J connectivity index is 2.52. The molecule has 1 amide bonds. The normalized spacial score (nSPS) is 11.6. The number of nitrogens with zero attached hydrogens (tertiary/aromatic N) is 3. The van der Waals surface area contributed by atoms with Gasteiger partial charge >= 0.3 is 0 Å². The summed E-state index contributed by atoms with van der Waals surface area (Å²) in [5.74, 6) is 0.300. The Morgan fingerprint density at radius 3 is 3.00 bits per heavy atom. The Morgan fingerprint density at radius 2 is 2.44 bits per heavy atom. The van der Waals surface area contributed by atoms with Crippen LogP contribution >= 0.6 is 11.8 Å². The number of anilines is 1. The summed E-state index contributed by atoms with van der Waals surface area (Å²) in [7, 11) is 0. The second-order valence-electron chi connectivity index (χ2n) is 3.73. The van der Waals surface area contributed by atoms with Crippen LogP contribution in [0, 0.1) is 11.3 Å². The number of carbonyl (C=O) groups is 1. The summed E-state index contributed by atoms with van der Waals surface area (Å²) in [6.45, 7) is 3.95. The molecule has 0 bridgehead atoms. The number of thioether (sulfide) groups is 1. The van der Waals surface area contributed by atoms with Crippen LogP contribution in [0.15, 0.2) is 11.4 Å². The van der Waals surface area contributed by atoms with E-state index in [1.54, 1.807) is 0 Å². The van der Waals surface area contributed by atoms with Gasteiger partial charge in [-0.2, -0.15) is 5.26 Å². The Labute approximate surface area is 110 Å². The van der Waals surface area contributed by atoms with Crippen LogP contribution in [0.5, 0.6) is 0 Å². The Kier molecular flexibility index (Phi) is 5.39. The van der Waals surface area contributed by atoms with Crippen molar-refractivity contribution in [2.45, 2.75) is 31.5 Å². The SMILES string of the molecule is CC[C@H](C)NC(=O)CSc1ncc(C#N)c(N)n1. The van der Waals surface area contributed by atoms with Crippen LogP contribution in [0.1, 0.15) is 25.8 Å². The van der Waals surface area contributed by atoms with Crippen molar-refractivity contribution in [3.8, 4) is 6.07 Å². The van der Waals surface area contributed by atoms with Crippen molar-refractivity contribution in [3.63, 3.8) is 0 Å². The molecule has 7 heteroatoms. The van der Waals surface area contributed by atoms with E-state index >= 15 is 0 Å². The molecule has 0 aliphatic rings. The molecule has 0 radical (unpaired) electrons. The van der Waals surface area contributed by atoms with Gasteiger partial charge in [0.25, 0.3) is 0 Å². The molecular formula is C11H15N5OS. The van der Waals surface area contributed by atoms with Gasteiger partial charge in [-0.3, -0.25) is 4.79 Å². The van der Waals surface area contributed by atoms with E-state index in [1.807, 2.05) is 19.9 Å². The minimum atomic E-state index is -0.0686. The number of hydrogen-bond acceptors (Lipinski definition) is 6. The summed E-state index contributed by atoms with van der Waals surface area (Å²) < 4.78 is 0. The van der Waals surface area contributed by atoms with E-state index in [9.17, 15) is 4.79 Å². The molecule has 1 rings (SSSR count). The molecular weight excluding hydrogens is 250 g/mol. The van der Waals surface area contributed by atoms with E-state index in [0.29, 0.717) is 5.16 Å². The number of hydrogen-bond donors (Lipinski definition) is 2. The standard InChI is InChI=1S/C11H15N5OS/c1-3-7(2)15-9(17)6-18-11-14-5-8(4-12)10(13)16-11/h5,7H,3,6H2,1-2H3,(H,15,17)(H2,13,14,16)/t7-/m0/s1. The second kappa shape index (κ2) is 6.81. The van der Waals surface area contributed by atoms with E-state index in [1.165, 1.54) is 18.0 Å². The van der Waals surface area contributed by atoms with Crippen molar-refractivity contribution in [2.24, 2.45) is 0 Å². The van der Waals surface area contributed by atoms with Crippen molar-refractivity contribution in [1.29, 1.82) is 5.26 Å². The molecule has 0 spiro atoms. The van der Waals surface area contributed by atoms with Gasteiger partial charge in [0.1, 0.15) is 17.5 Å². The van der Waals surface area contributed by atoms with Crippen molar-refractivity contribution in [1.82, 2.24) is 15.3 Å². The van der Waals surface area contributed by atoms with Crippen molar-refractivity contribution < 1.29 is 4.79 Å². The van der Waals surface area contributed by atoms with Crippen molar-refractivity contribution in [3.05, 3.63) is 11.8 Å². The average molecular weight is 265 g/mol. The molecule has 0 unspecified atom stereocenters. The topological polar surface area (TPSA) is 105 Å². The van der Waals surface area contributed by atoms with Gasteiger partial charge in [-0.1, -0.05) is 18.7 Å². The maximum atomic E-state index is 11.5. The number of nitrogen functional groups attached to an aromatic ring is 1. The number of nitrogens with one attached hydrogen (secondary N) is 1. The van der Waals surface area contributed by atoms with Crippen LogP contribution in [0.3, 0.4) is 0 Å². The van der Waals surface area contributed by atoms with Gasteiger partial charge < -0.3 is 11.1 Å². The lowest BCUT2D eigenvalue weighted by Crippen LogP contribution is -2.33. The summed E-state index contributed by atoms with van der Waals surface area (Å²) in [4.78, 5) is 19.4. The molecule has 1 atom stereocenters. The third kappa shape index (κ3) is 4.22. The molecule has 3 N–H and O–H groups in total. The van der Waals surface area contributed by atoms with Crippen LogP contribution in [0.25, 0.3) is 0 Å². The Morgan fingerprint density at radius 1 is 1.72 bits per heavy atom. The van der Waals surface area contributed by atoms with Crippen LogP contribution in [-0.4, -0.2) is 27.7 Å². The summed E-state index contributed by atoms with van der Waals surface area (Å²) >= 11 is 1.19. The first-order valence-electron chi connectivity index (χ1n) is 5.51. The third-order valence-corrected chi connectivity index (χ3v) is 3.13. The number of nitriles is 1. The lowest BCUT2D eigenvalue weighted by molar-refractivity contribution is -0.119. The first-order chi connectivity index (χ1) is 8.56. The molecule has 1 heterocycles. The molecule has 0 aromatic carbocycles. The highest BCUT2D eigenvalue weighted by Crippen LogP contribution is 2.15. The largest absolute Gasteiger partial charge is 0.382 e. The summed E-state index contributed by atoms with van der Waals surface area (Å²) in [5, 5.41) is 11.9. The molecule has 1 aromatic rings. The van der Waals surface area contributed by atoms with Gasteiger partial charge in [0.15, 0.2) is 5.16 Å². The molecule has 0 aliphatic carbocycles. The molecule has 0 aliphatic heterocycles. The highest BCUT2D eigenvalue weighted by atomic mass is 32.2. The van der Waals surface area contributed by atoms with Crippen LogP contribution < -0.4 is 11.1 Å². The zero-order valence-electron chi connectivity index (χ0n) is 10.3. The van der Waals surface area contributed by atoms with Gasteiger partial charge in [0.2, 0.25) is 5.91 Å². The number of aromatic nitrogens is 2. The summed E-state index contributed by atoms with van der Waals surface area (Å²) in [5.41, 5.74) is 5.79. The number of carbonyl (C=O) groups excluding carboxylic acids is 1. The molecule has 96 valence electrons. The van der Waals surface area contributed by atoms with E-state index < -0.39 is 0 Å². The van der Waals surface area contributed by atoms with Gasteiger partial charge in [-0.15, -0.1) is 0 Å². The lowest BCUT2D eigenvalue weighted by atomic mass is 10.3. The van der Waals surface area contributed by atoms with Gasteiger partial charge in [0, 0.05) is 6.04 Å². The zero-order valence-corrected chi connectivity index (χ0v) is 11.1. The quantitative estimate of drug-likeness (QED) is 0.606.